The number of rotatable bonds is 6. The summed E-state index contributed by atoms with van der Waals surface area (Å²) in [6, 6.07) is 0. The second kappa shape index (κ2) is 7.77. The van der Waals surface area contributed by atoms with Crippen LogP contribution in [0.3, 0.4) is 0 Å². The minimum atomic E-state index is -1.12. The van der Waals surface area contributed by atoms with Crippen LogP contribution in [0, 0.1) is 0 Å². The molecule has 0 amide bonds. The van der Waals surface area contributed by atoms with Gasteiger partial charge >= 0.3 is 11.9 Å². The first-order valence-electron chi connectivity index (χ1n) is 4.21. The fourth-order valence-electron chi connectivity index (χ4n) is 0.875. The zero-order valence-electron chi connectivity index (χ0n) is 8.38. The Kier molecular flexibility index (Phi) is 7.05. The molecule has 8 nitrogen and oxygen atoms in total. The molecule has 0 spiro atoms. The van der Waals surface area contributed by atoms with Crippen LogP contribution in [0.2, 0.25) is 0 Å². The minimum Gasteiger partial charge on any atom is -0.447 e. The van der Waals surface area contributed by atoms with Crippen LogP contribution in [0.15, 0.2) is 11.1 Å². The van der Waals surface area contributed by atoms with Crippen LogP contribution in [0.5, 0.6) is 0 Å². The molecule has 0 saturated carbocycles. The highest BCUT2D eigenvalue weighted by atomic mass is 16.6. The van der Waals surface area contributed by atoms with Gasteiger partial charge in [0.1, 0.15) is 6.73 Å². The van der Waals surface area contributed by atoms with E-state index in [2.05, 4.69) is 9.47 Å². The number of ether oxygens (including phenoxy) is 2. The van der Waals surface area contributed by atoms with Crippen molar-refractivity contribution < 1.29 is 34.4 Å². The first kappa shape index (κ1) is 14.5. The third-order valence-corrected chi connectivity index (χ3v) is 1.58. The van der Waals surface area contributed by atoms with E-state index in [9.17, 15) is 9.59 Å². The van der Waals surface area contributed by atoms with Gasteiger partial charge in [-0.05, 0) is 0 Å². The van der Waals surface area contributed by atoms with Crippen LogP contribution < -0.4 is 5.73 Å². The predicted octanol–water partition coefficient (Wildman–Crippen LogP) is -2.78. The molecule has 0 aromatic rings. The molecule has 0 heterocycles. The van der Waals surface area contributed by atoms with Crippen molar-refractivity contribution in [3.8, 4) is 0 Å². The zero-order valence-corrected chi connectivity index (χ0v) is 8.38. The Bertz CT molecular complexity index is 258. The van der Waals surface area contributed by atoms with Gasteiger partial charge in [0.2, 0.25) is 0 Å². The summed E-state index contributed by atoms with van der Waals surface area (Å²) >= 11 is 0. The highest BCUT2D eigenvalue weighted by Gasteiger charge is 2.21. The Morgan fingerprint density at radius 1 is 0.938 bits per heavy atom. The lowest BCUT2D eigenvalue weighted by Crippen LogP contribution is -2.22. The van der Waals surface area contributed by atoms with E-state index in [1.165, 1.54) is 0 Å². The molecule has 0 aliphatic carbocycles. The molecule has 0 aliphatic rings. The van der Waals surface area contributed by atoms with Gasteiger partial charge in [0, 0.05) is 0 Å². The average Bonchev–Trinajstić information content (AvgIpc) is 2.25. The Labute approximate surface area is 90.9 Å². The number of hydrogen-bond acceptors (Lipinski definition) is 8. The highest BCUT2D eigenvalue weighted by Crippen LogP contribution is 2.08. The standard InChI is InChI=1S/C8H13NO7/c9-3-15-7(13)5(1-10)6(2-11)8(14)16-4-12/h10-12H,1-4,9H2. The lowest BCUT2D eigenvalue weighted by Gasteiger charge is -2.09. The number of hydrogen-bond donors (Lipinski definition) is 4. The lowest BCUT2D eigenvalue weighted by molar-refractivity contribution is -0.148. The van der Waals surface area contributed by atoms with Gasteiger partial charge in [-0.3, -0.25) is 5.73 Å². The van der Waals surface area contributed by atoms with Crippen LogP contribution in [0.1, 0.15) is 0 Å². The normalized spacial score (nSPS) is 11.8. The molecular weight excluding hydrogens is 222 g/mol. The van der Waals surface area contributed by atoms with Gasteiger partial charge in [0.15, 0.2) is 6.79 Å². The molecule has 0 saturated heterocycles. The van der Waals surface area contributed by atoms with Gasteiger partial charge in [-0.2, -0.15) is 0 Å². The third kappa shape index (κ3) is 3.95. The molecule has 0 atom stereocenters. The number of carbonyl (C=O) groups excluding carboxylic acids is 2. The first-order valence-corrected chi connectivity index (χ1v) is 4.21. The summed E-state index contributed by atoms with van der Waals surface area (Å²) in [5.74, 6) is -2.16. The first-order chi connectivity index (χ1) is 7.62. The number of esters is 2. The quantitative estimate of drug-likeness (QED) is 0.220. The molecule has 0 rings (SSSR count). The monoisotopic (exact) mass is 235 g/mol. The number of aliphatic hydroxyl groups excluding tert-OH is 3. The van der Waals surface area contributed by atoms with Crippen LogP contribution in [0.4, 0.5) is 0 Å². The van der Waals surface area contributed by atoms with Crippen molar-refractivity contribution in [1.29, 1.82) is 0 Å². The maximum atomic E-state index is 11.2. The van der Waals surface area contributed by atoms with Crippen molar-refractivity contribution in [2.75, 3.05) is 26.7 Å². The number of nitrogens with two attached hydrogens (primary N) is 1. The molecule has 0 unspecified atom stereocenters. The second-order valence-corrected chi connectivity index (χ2v) is 2.43. The van der Waals surface area contributed by atoms with Crippen LogP contribution in [-0.4, -0.2) is 54.0 Å². The van der Waals surface area contributed by atoms with E-state index < -0.39 is 49.8 Å². The Hall–Kier alpha value is -1.48. The van der Waals surface area contributed by atoms with Gasteiger partial charge in [0.25, 0.3) is 0 Å². The summed E-state index contributed by atoms with van der Waals surface area (Å²) in [5, 5.41) is 26.0. The van der Waals surface area contributed by atoms with Crippen molar-refractivity contribution in [3.05, 3.63) is 11.1 Å². The van der Waals surface area contributed by atoms with E-state index in [1.807, 2.05) is 0 Å². The minimum absolute atomic E-state index is 0.434. The number of aliphatic hydroxyl groups is 3. The van der Waals surface area contributed by atoms with Crippen molar-refractivity contribution in [3.63, 3.8) is 0 Å². The largest absolute Gasteiger partial charge is 0.447 e. The predicted molar refractivity (Wildman–Crippen MR) is 49.5 cm³/mol. The van der Waals surface area contributed by atoms with E-state index in [4.69, 9.17) is 21.1 Å². The molecule has 8 heteroatoms. The molecule has 0 aromatic heterocycles. The van der Waals surface area contributed by atoms with Gasteiger partial charge in [-0.1, -0.05) is 0 Å². The van der Waals surface area contributed by atoms with Gasteiger partial charge in [0.05, 0.1) is 24.4 Å². The van der Waals surface area contributed by atoms with Crippen molar-refractivity contribution in [2.45, 2.75) is 0 Å². The molecular formula is C8H13NO7. The van der Waals surface area contributed by atoms with Crippen molar-refractivity contribution in [2.24, 2.45) is 5.73 Å². The van der Waals surface area contributed by atoms with Gasteiger partial charge in [-0.15, -0.1) is 0 Å². The van der Waals surface area contributed by atoms with E-state index >= 15 is 0 Å². The smallest absolute Gasteiger partial charge is 0.339 e. The van der Waals surface area contributed by atoms with Gasteiger partial charge < -0.3 is 24.8 Å². The van der Waals surface area contributed by atoms with Crippen molar-refractivity contribution >= 4 is 11.9 Å². The molecule has 5 N–H and O–H groups in total. The number of carbonyl (C=O) groups is 2. The van der Waals surface area contributed by atoms with Gasteiger partial charge in [-0.25, -0.2) is 9.59 Å². The maximum absolute atomic E-state index is 11.2. The molecule has 92 valence electrons. The fourth-order valence-corrected chi connectivity index (χ4v) is 0.875. The summed E-state index contributed by atoms with van der Waals surface area (Å²) in [6.07, 6.45) is 0. The van der Waals surface area contributed by atoms with Crippen LogP contribution in [0.25, 0.3) is 0 Å². The van der Waals surface area contributed by atoms with E-state index in [0.717, 1.165) is 0 Å². The summed E-state index contributed by atoms with van der Waals surface area (Å²) in [4.78, 5) is 22.3. The van der Waals surface area contributed by atoms with E-state index in [0.29, 0.717) is 0 Å². The summed E-state index contributed by atoms with van der Waals surface area (Å²) < 4.78 is 8.50. The highest BCUT2D eigenvalue weighted by molar-refractivity contribution is 6.00. The SMILES string of the molecule is NCOC(=O)C(CO)=C(CO)C(=O)OCO. The Balaban J connectivity index is 5.04. The topological polar surface area (TPSA) is 139 Å². The Morgan fingerprint density at radius 2 is 1.38 bits per heavy atom. The van der Waals surface area contributed by atoms with Crippen molar-refractivity contribution in [1.82, 2.24) is 0 Å². The second-order valence-electron chi connectivity index (χ2n) is 2.43. The maximum Gasteiger partial charge on any atom is 0.339 e. The molecule has 0 aliphatic heterocycles. The fraction of sp³-hybridized carbons (Fsp3) is 0.500. The molecule has 0 radical (unpaired) electrons. The average molecular weight is 235 g/mol. The summed E-state index contributed by atoms with van der Waals surface area (Å²) in [6.45, 7) is -3.01. The molecule has 16 heavy (non-hydrogen) atoms. The molecule has 0 bridgehead atoms. The molecule has 0 fully saturated rings. The lowest BCUT2D eigenvalue weighted by atomic mass is 10.1. The summed E-state index contributed by atoms with van der Waals surface area (Å²) in [7, 11) is 0. The summed E-state index contributed by atoms with van der Waals surface area (Å²) in [5.41, 5.74) is 3.98. The third-order valence-electron chi connectivity index (χ3n) is 1.58. The van der Waals surface area contributed by atoms with Crippen LogP contribution >= 0.6 is 0 Å². The molecule has 0 aromatic carbocycles. The van der Waals surface area contributed by atoms with Crippen LogP contribution in [-0.2, 0) is 19.1 Å². The Morgan fingerprint density at radius 3 is 1.69 bits per heavy atom. The van der Waals surface area contributed by atoms with E-state index in [1.54, 1.807) is 0 Å². The van der Waals surface area contributed by atoms with E-state index in [-0.39, 0.29) is 0 Å². The zero-order chi connectivity index (χ0) is 12.6.